The molecule has 2 spiro atoms. The van der Waals surface area contributed by atoms with E-state index in [4.69, 9.17) is 14.7 Å². The Balaban J connectivity index is 0.00000179. The third-order valence-corrected chi connectivity index (χ3v) is 11.0. The van der Waals surface area contributed by atoms with Crippen molar-refractivity contribution in [3.8, 4) is 6.01 Å². The number of carbonyl (C=O) groups is 2. The van der Waals surface area contributed by atoms with Crippen molar-refractivity contribution in [2.45, 2.75) is 80.7 Å². The molecule has 0 bridgehead atoms. The van der Waals surface area contributed by atoms with E-state index in [2.05, 4.69) is 25.3 Å². The minimum Gasteiger partial charge on any atom is -0.461 e. The summed E-state index contributed by atoms with van der Waals surface area (Å²) in [6.45, 7) is 3.04. The van der Waals surface area contributed by atoms with Crippen LogP contribution in [0.1, 0.15) is 63.8 Å². The molecule has 5 aliphatic heterocycles. The number of anilines is 1. The summed E-state index contributed by atoms with van der Waals surface area (Å²) in [5, 5.41) is 5.26. The van der Waals surface area contributed by atoms with Crippen molar-refractivity contribution in [3.05, 3.63) is 46.4 Å². The van der Waals surface area contributed by atoms with Crippen LogP contribution in [-0.4, -0.2) is 88.8 Å². The van der Waals surface area contributed by atoms with E-state index in [-0.39, 0.29) is 32.7 Å². The fourth-order valence-corrected chi connectivity index (χ4v) is 8.95. The summed E-state index contributed by atoms with van der Waals surface area (Å²) in [5.74, 6) is 0.162. The van der Waals surface area contributed by atoms with Crippen molar-refractivity contribution in [1.29, 1.82) is 0 Å². The van der Waals surface area contributed by atoms with Gasteiger partial charge >= 0.3 is 12.0 Å². The Kier molecular flexibility index (Phi) is 6.04. The highest BCUT2D eigenvalue weighted by Gasteiger charge is 2.52. The standard InChI is InChI=1S/C31H37F2N7O3.2H2/c1-38-16-21-23(14-31(38)10-7-19-5-2-6-22(33)24(19)31)34-28(43-18-29-8-3-12-40(29)15-20(32)13-29)35-25(21)39-11-4-9-30(17-39)26(41)36-27(42)37-30;;/h2,5-6,20H,3-4,7-18H2,1H3,(H2,36,37,41,42);2*1H/t20-,29+,30-,31+;;/m1../s1. The molecule has 2 aromatic rings. The van der Waals surface area contributed by atoms with Gasteiger partial charge in [-0.2, -0.15) is 9.97 Å². The van der Waals surface area contributed by atoms with E-state index < -0.39 is 23.3 Å². The Morgan fingerprint density at radius 1 is 1.16 bits per heavy atom. The molecule has 6 heterocycles. The molecule has 10 nitrogen and oxygen atoms in total. The fourth-order valence-electron chi connectivity index (χ4n) is 8.95. The number of ether oxygens (including phenoxy) is 1. The highest BCUT2D eigenvalue weighted by Crippen LogP contribution is 2.49. The van der Waals surface area contributed by atoms with Crippen molar-refractivity contribution >= 4 is 17.8 Å². The largest absolute Gasteiger partial charge is 0.461 e. The van der Waals surface area contributed by atoms with Gasteiger partial charge < -0.3 is 15.0 Å². The summed E-state index contributed by atoms with van der Waals surface area (Å²) in [5.41, 5.74) is 1.61. The number of aryl methyl sites for hydroxylation is 1. The summed E-state index contributed by atoms with van der Waals surface area (Å²) >= 11 is 0. The molecular formula is C31H41F2N7O3. The van der Waals surface area contributed by atoms with Crippen molar-refractivity contribution in [2.75, 3.05) is 44.7 Å². The topological polar surface area (TPSA) is 103 Å². The van der Waals surface area contributed by atoms with Crippen LogP contribution >= 0.6 is 0 Å². The minimum atomic E-state index is -1.02. The lowest BCUT2D eigenvalue weighted by Crippen LogP contribution is -2.59. The van der Waals surface area contributed by atoms with E-state index in [9.17, 15) is 14.0 Å². The summed E-state index contributed by atoms with van der Waals surface area (Å²) in [7, 11) is 2.03. The number of nitrogens with one attached hydrogen (secondary N) is 2. The predicted molar refractivity (Wildman–Crippen MR) is 157 cm³/mol. The molecule has 0 saturated carbocycles. The molecular weight excluding hydrogens is 556 g/mol. The van der Waals surface area contributed by atoms with Gasteiger partial charge in [-0.3, -0.25) is 19.9 Å². The molecule has 2 N–H and O–H groups in total. The average molecular weight is 598 g/mol. The highest BCUT2D eigenvalue weighted by atomic mass is 19.1. The van der Waals surface area contributed by atoms with Crippen LogP contribution in [0.15, 0.2) is 18.2 Å². The zero-order valence-corrected chi connectivity index (χ0v) is 24.4. The first-order valence-corrected chi connectivity index (χ1v) is 15.5. The molecule has 43 heavy (non-hydrogen) atoms. The number of piperidine rings is 1. The quantitative estimate of drug-likeness (QED) is 0.519. The first-order valence-electron chi connectivity index (χ1n) is 15.5. The Morgan fingerprint density at radius 2 is 2.02 bits per heavy atom. The van der Waals surface area contributed by atoms with Crippen LogP contribution in [-0.2, 0) is 29.7 Å². The van der Waals surface area contributed by atoms with Crippen molar-refractivity contribution in [3.63, 3.8) is 0 Å². The van der Waals surface area contributed by atoms with Gasteiger partial charge in [-0.15, -0.1) is 0 Å². The van der Waals surface area contributed by atoms with Crippen LogP contribution < -0.4 is 20.3 Å². The number of nitrogens with zero attached hydrogens (tertiary/aromatic N) is 5. The Hall–Kier alpha value is -3.38. The summed E-state index contributed by atoms with van der Waals surface area (Å²) in [6.07, 6.45) is 4.76. The first kappa shape index (κ1) is 27.2. The molecule has 1 aliphatic carbocycles. The molecule has 232 valence electrons. The highest BCUT2D eigenvalue weighted by molar-refractivity contribution is 6.07. The van der Waals surface area contributed by atoms with Crippen LogP contribution in [0.25, 0.3) is 0 Å². The lowest BCUT2D eigenvalue weighted by molar-refractivity contribution is -0.124. The SMILES string of the molecule is CN1Cc2c(nc(OC[C@@]34CCCN3C[C@H](F)C4)nc2N2CCC[C@]3(C2)NC(=O)NC3=O)C[C@]12CCc1cccc(F)c12.[HH].[HH]. The molecule has 1 aromatic heterocycles. The summed E-state index contributed by atoms with van der Waals surface area (Å²) in [4.78, 5) is 41.4. The average Bonchev–Trinajstić information content (AvgIpc) is 3.69. The monoisotopic (exact) mass is 597 g/mol. The minimum absolute atomic E-state index is 0. The molecule has 6 aliphatic rings. The first-order chi connectivity index (χ1) is 20.7. The van der Waals surface area contributed by atoms with Gasteiger partial charge in [-0.25, -0.2) is 13.6 Å². The van der Waals surface area contributed by atoms with Crippen molar-refractivity contribution in [2.24, 2.45) is 0 Å². The maximum absolute atomic E-state index is 15.4. The summed E-state index contributed by atoms with van der Waals surface area (Å²) < 4.78 is 36.3. The van der Waals surface area contributed by atoms with Crippen LogP contribution in [0.3, 0.4) is 0 Å². The van der Waals surface area contributed by atoms with Gasteiger partial charge in [0.05, 0.1) is 23.3 Å². The molecule has 12 heteroatoms. The fraction of sp³-hybridized carbons (Fsp3) is 0.613. The zero-order valence-electron chi connectivity index (χ0n) is 24.4. The van der Waals surface area contributed by atoms with Crippen LogP contribution in [0, 0.1) is 5.82 Å². The molecule has 3 amide bonds. The van der Waals surface area contributed by atoms with E-state index in [0.717, 1.165) is 54.6 Å². The molecule has 4 saturated heterocycles. The number of rotatable bonds is 4. The van der Waals surface area contributed by atoms with Gasteiger partial charge in [0.1, 0.15) is 30.0 Å². The number of likely N-dealkylation sites (N-methyl/N-ethyl adjacent to an activating group) is 1. The maximum Gasteiger partial charge on any atom is 0.322 e. The van der Waals surface area contributed by atoms with Gasteiger partial charge in [-0.05, 0) is 63.7 Å². The smallest absolute Gasteiger partial charge is 0.322 e. The predicted octanol–water partition coefficient (Wildman–Crippen LogP) is 3.07. The van der Waals surface area contributed by atoms with Gasteiger partial charge in [0.2, 0.25) is 0 Å². The van der Waals surface area contributed by atoms with Crippen LogP contribution in [0.4, 0.5) is 19.4 Å². The number of carbonyl (C=O) groups excluding carboxylic acids is 2. The van der Waals surface area contributed by atoms with Crippen LogP contribution in [0.5, 0.6) is 6.01 Å². The number of hydrogen-bond acceptors (Lipinski definition) is 8. The normalized spacial score (nSPS) is 33.6. The molecule has 1 aromatic carbocycles. The van der Waals surface area contributed by atoms with Gasteiger partial charge in [-0.1, -0.05) is 12.1 Å². The number of amides is 3. The molecule has 4 fully saturated rings. The second-order valence-electron chi connectivity index (χ2n) is 13.5. The number of imide groups is 1. The van der Waals surface area contributed by atoms with E-state index in [1.54, 1.807) is 6.07 Å². The number of urea groups is 1. The number of aromatic nitrogens is 2. The Bertz CT molecular complexity index is 1540. The maximum atomic E-state index is 15.4. The Labute approximate surface area is 252 Å². The zero-order chi connectivity index (χ0) is 29.6. The van der Waals surface area contributed by atoms with Gasteiger partial charge in [0.15, 0.2) is 0 Å². The van der Waals surface area contributed by atoms with Gasteiger partial charge in [0, 0.05) is 46.5 Å². The second kappa shape index (κ2) is 9.56. The third kappa shape index (κ3) is 4.08. The summed E-state index contributed by atoms with van der Waals surface area (Å²) in [6, 6.07) is 5.07. The number of alkyl halides is 1. The van der Waals surface area contributed by atoms with E-state index in [1.807, 2.05) is 13.1 Å². The number of hydrogen-bond donors (Lipinski definition) is 2. The number of fused-ring (bicyclic) bond motifs is 4. The van der Waals surface area contributed by atoms with Crippen LogP contribution in [0.2, 0.25) is 0 Å². The van der Waals surface area contributed by atoms with Crippen molar-refractivity contribution < 1.29 is 26.0 Å². The number of halogens is 2. The van der Waals surface area contributed by atoms with E-state index in [0.29, 0.717) is 57.7 Å². The second-order valence-corrected chi connectivity index (χ2v) is 13.5. The third-order valence-electron chi connectivity index (χ3n) is 11.0. The van der Waals surface area contributed by atoms with Crippen molar-refractivity contribution in [1.82, 2.24) is 30.4 Å². The Morgan fingerprint density at radius 3 is 2.86 bits per heavy atom. The molecule has 4 atom stereocenters. The van der Waals surface area contributed by atoms with Gasteiger partial charge in [0.25, 0.3) is 5.91 Å². The number of benzene rings is 1. The lowest BCUT2D eigenvalue weighted by Gasteiger charge is -2.46. The van der Waals surface area contributed by atoms with E-state index >= 15 is 4.39 Å². The van der Waals surface area contributed by atoms with E-state index in [1.165, 1.54) is 6.07 Å². The molecule has 8 rings (SSSR count). The lowest BCUT2D eigenvalue weighted by atomic mass is 9.80. The molecule has 0 radical (unpaired) electrons. The molecule has 0 unspecified atom stereocenters.